The molecule has 0 saturated heterocycles. The number of rotatable bonds is 4. The van der Waals surface area contributed by atoms with E-state index < -0.39 is 11.9 Å². The summed E-state index contributed by atoms with van der Waals surface area (Å²) in [5.41, 5.74) is -0.255. The highest BCUT2D eigenvalue weighted by atomic mass is 35.5. The maximum absolute atomic E-state index is 14.5. The summed E-state index contributed by atoms with van der Waals surface area (Å²) in [6, 6.07) is 2.39. The predicted molar refractivity (Wildman–Crippen MR) is 94.1 cm³/mol. The van der Waals surface area contributed by atoms with Gasteiger partial charge in [0.2, 0.25) is 0 Å². The fourth-order valence-corrected chi connectivity index (χ4v) is 3.39. The molecule has 134 valence electrons. The number of Topliss-reactive ketones (excluding diaryl/α,β-unsaturated/α-hetero) is 1. The van der Waals surface area contributed by atoms with Crippen molar-refractivity contribution in [2.75, 3.05) is 0 Å². The molecule has 3 rings (SSSR count). The molecule has 0 aliphatic carbocycles. The summed E-state index contributed by atoms with van der Waals surface area (Å²) in [4.78, 5) is 24.1. The molecule has 0 spiro atoms. The lowest BCUT2D eigenvalue weighted by molar-refractivity contribution is -0.122. The minimum atomic E-state index is -0.741. The molecule has 0 bridgehead atoms. The van der Waals surface area contributed by atoms with Crippen molar-refractivity contribution < 1.29 is 13.9 Å². The number of benzene rings is 1. The molecule has 0 radical (unpaired) electrons. The maximum atomic E-state index is 14.5. The van der Waals surface area contributed by atoms with Crippen molar-refractivity contribution in [1.29, 1.82) is 0 Å². The van der Waals surface area contributed by atoms with Crippen LogP contribution in [0.4, 0.5) is 4.39 Å². The molecule has 2 heterocycles. The summed E-state index contributed by atoms with van der Waals surface area (Å²) in [6.45, 7) is 4.10. The van der Waals surface area contributed by atoms with Gasteiger partial charge in [0.25, 0.3) is 5.56 Å². The third-order valence-electron chi connectivity index (χ3n) is 4.33. The van der Waals surface area contributed by atoms with Gasteiger partial charge in [-0.15, -0.1) is 0 Å². The van der Waals surface area contributed by atoms with Gasteiger partial charge in [-0.25, -0.2) is 9.07 Å². The normalized spacial score (nSPS) is 14.9. The second-order valence-corrected chi connectivity index (χ2v) is 6.82. The number of fused-ring (bicyclic) bond motifs is 1. The van der Waals surface area contributed by atoms with Crippen LogP contribution in [0.15, 0.2) is 16.9 Å². The monoisotopic (exact) mass is 386 g/mol. The van der Waals surface area contributed by atoms with Gasteiger partial charge in [-0.1, -0.05) is 23.2 Å². The predicted octanol–water partition coefficient (Wildman–Crippen LogP) is 3.91. The Morgan fingerprint density at radius 3 is 2.48 bits per heavy atom. The summed E-state index contributed by atoms with van der Waals surface area (Å²) < 4.78 is 23.2. The van der Waals surface area contributed by atoms with Gasteiger partial charge >= 0.3 is 0 Å². The van der Waals surface area contributed by atoms with Crippen LogP contribution in [0.1, 0.15) is 26.7 Å². The molecule has 1 unspecified atom stereocenters. The number of nitrogens with zero attached hydrogens (tertiary/aromatic N) is 2. The van der Waals surface area contributed by atoms with E-state index in [0.717, 1.165) is 18.9 Å². The van der Waals surface area contributed by atoms with Crippen LogP contribution in [0.3, 0.4) is 0 Å². The van der Waals surface area contributed by atoms with E-state index >= 15 is 0 Å². The molecule has 0 fully saturated rings. The Balaban J connectivity index is 2.14. The van der Waals surface area contributed by atoms with Crippen LogP contribution in [-0.4, -0.2) is 21.3 Å². The van der Waals surface area contributed by atoms with E-state index in [1.807, 2.05) is 0 Å². The first-order chi connectivity index (χ1) is 11.8. The zero-order valence-corrected chi connectivity index (χ0v) is 15.3. The third kappa shape index (κ3) is 3.20. The standard InChI is InChI=1S/C17H17Cl2FN2O3/c1-9(23)10(2)25-14-7-11(13(20)8-12(14)18)15-16(19)21-5-3-4-6-22(21)17(15)24/h7-8,10H,3-6H2,1-2H3. The molecule has 1 atom stereocenters. The largest absolute Gasteiger partial charge is 0.481 e. The lowest BCUT2D eigenvalue weighted by atomic mass is 10.1. The topological polar surface area (TPSA) is 53.2 Å². The smallest absolute Gasteiger partial charge is 0.276 e. The number of aromatic nitrogens is 2. The lowest BCUT2D eigenvalue weighted by Crippen LogP contribution is -2.27. The van der Waals surface area contributed by atoms with Gasteiger partial charge in [-0.05, 0) is 38.8 Å². The SMILES string of the molecule is CC(=O)C(C)Oc1cc(-c2c(Cl)n3n(c2=O)CCCC3)c(F)cc1Cl. The number of ketones is 1. The Morgan fingerprint density at radius 1 is 1.24 bits per heavy atom. The first kappa shape index (κ1) is 18.0. The number of hydrogen-bond donors (Lipinski definition) is 0. The van der Waals surface area contributed by atoms with Crippen LogP contribution in [0, 0.1) is 5.82 Å². The van der Waals surface area contributed by atoms with Gasteiger partial charge in [0, 0.05) is 18.7 Å². The van der Waals surface area contributed by atoms with Gasteiger partial charge in [0.1, 0.15) is 16.7 Å². The molecule has 1 aliphatic rings. The number of halogens is 3. The number of hydrogen-bond acceptors (Lipinski definition) is 3. The van der Waals surface area contributed by atoms with Gasteiger partial charge in [0.15, 0.2) is 11.9 Å². The van der Waals surface area contributed by atoms with E-state index in [1.165, 1.54) is 17.7 Å². The second-order valence-electron chi connectivity index (χ2n) is 6.06. The average molecular weight is 387 g/mol. The molecular formula is C17H17Cl2FN2O3. The minimum absolute atomic E-state index is 0.0135. The minimum Gasteiger partial charge on any atom is -0.481 e. The first-order valence-electron chi connectivity index (χ1n) is 7.97. The number of carbonyl (C=O) groups excluding carboxylic acids is 1. The summed E-state index contributed by atoms with van der Waals surface area (Å²) in [5, 5.41) is 0.214. The molecular weight excluding hydrogens is 370 g/mol. The Kier molecular flexibility index (Phi) is 4.93. The molecule has 5 nitrogen and oxygen atoms in total. The van der Waals surface area contributed by atoms with Gasteiger partial charge in [-0.2, -0.15) is 0 Å². The molecule has 0 N–H and O–H groups in total. The van der Waals surface area contributed by atoms with Crippen molar-refractivity contribution in [3.05, 3.63) is 38.5 Å². The van der Waals surface area contributed by atoms with Crippen molar-refractivity contribution in [3.8, 4) is 16.9 Å². The Bertz CT molecular complexity index is 904. The van der Waals surface area contributed by atoms with E-state index in [4.69, 9.17) is 27.9 Å². The molecule has 0 amide bonds. The Morgan fingerprint density at radius 2 is 1.88 bits per heavy atom. The highest BCUT2D eigenvalue weighted by Gasteiger charge is 2.25. The highest BCUT2D eigenvalue weighted by Crippen LogP contribution is 2.36. The number of ether oxygens (including phenoxy) is 1. The zero-order valence-electron chi connectivity index (χ0n) is 13.8. The molecule has 25 heavy (non-hydrogen) atoms. The Labute approximate surface area is 153 Å². The molecule has 8 heteroatoms. The van der Waals surface area contributed by atoms with E-state index in [-0.39, 0.29) is 38.4 Å². The van der Waals surface area contributed by atoms with Crippen molar-refractivity contribution >= 4 is 29.0 Å². The lowest BCUT2D eigenvalue weighted by Gasteiger charge is -2.17. The van der Waals surface area contributed by atoms with Gasteiger partial charge in [-0.3, -0.25) is 14.3 Å². The van der Waals surface area contributed by atoms with E-state index in [0.29, 0.717) is 13.1 Å². The van der Waals surface area contributed by atoms with Crippen molar-refractivity contribution in [2.24, 2.45) is 0 Å². The van der Waals surface area contributed by atoms with E-state index in [2.05, 4.69) is 0 Å². The summed E-state index contributed by atoms with van der Waals surface area (Å²) in [6.07, 6.45) is 1.03. The molecule has 1 aromatic carbocycles. The van der Waals surface area contributed by atoms with Gasteiger partial charge < -0.3 is 4.74 Å². The molecule has 1 aliphatic heterocycles. The van der Waals surface area contributed by atoms with E-state index in [1.54, 1.807) is 11.6 Å². The van der Waals surface area contributed by atoms with Crippen LogP contribution >= 0.6 is 23.2 Å². The maximum Gasteiger partial charge on any atom is 0.276 e. The van der Waals surface area contributed by atoms with Crippen molar-refractivity contribution in [2.45, 2.75) is 45.9 Å². The summed E-state index contributed by atoms with van der Waals surface area (Å²) in [5.74, 6) is -0.736. The first-order valence-corrected chi connectivity index (χ1v) is 8.72. The van der Waals surface area contributed by atoms with E-state index in [9.17, 15) is 14.0 Å². The second kappa shape index (κ2) is 6.84. The molecule has 2 aromatic rings. The summed E-state index contributed by atoms with van der Waals surface area (Å²) in [7, 11) is 0. The fraction of sp³-hybridized carbons (Fsp3) is 0.412. The highest BCUT2D eigenvalue weighted by molar-refractivity contribution is 6.33. The zero-order chi connectivity index (χ0) is 18.3. The molecule has 1 aromatic heterocycles. The summed E-state index contributed by atoms with van der Waals surface area (Å²) >= 11 is 12.4. The average Bonchev–Trinajstić information content (AvgIpc) is 2.82. The Hall–Kier alpha value is -1.79. The van der Waals surface area contributed by atoms with Crippen LogP contribution in [-0.2, 0) is 17.9 Å². The van der Waals surface area contributed by atoms with Crippen LogP contribution in [0.2, 0.25) is 10.2 Å². The van der Waals surface area contributed by atoms with Crippen LogP contribution in [0.5, 0.6) is 5.75 Å². The quantitative estimate of drug-likeness (QED) is 0.800. The number of carbonyl (C=O) groups is 1. The fourth-order valence-electron chi connectivity index (χ4n) is 2.84. The molecule has 0 saturated carbocycles. The third-order valence-corrected chi connectivity index (χ3v) is 5.01. The van der Waals surface area contributed by atoms with Gasteiger partial charge in [0.05, 0.1) is 10.6 Å². The van der Waals surface area contributed by atoms with Crippen LogP contribution < -0.4 is 10.3 Å². The van der Waals surface area contributed by atoms with Crippen molar-refractivity contribution in [3.63, 3.8) is 0 Å². The van der Waals surface area contributed by atoms with Crippen LogP contribution in [0.25, 0.3) is 11.1 Å². The van der Waals surface area contributed by atoms with Crippen molar-refractivity contribution in [1.82, 2.24) is 9.36 Å².